The number of likely N-dealkylation sites (N-methyl/N-ethyl adjacent to an activating group) is 1. The van der Waals surface area contributed by atoms with E-state index in [0.717, 1.165) is 23.9 Å². The Balaban J connectivity index is 2.22. The molecule has 0 atom stereocenters. The van der Waals surface area contributed by atoms with Crippen LogP contribution in [0, 0.1) is 5.41 Å². The van der Waals surface area contributed by atoms with E-state index in [2.05, 4.69) is 29.8 Å². The minimum absolute atomic E-state index is 0.113. The average molecular weight is 407 g/mol. The summed E-state index contributed by atoms with van der Waals surface area (Å²) in [5, 5.41) is 1.02. The molecule has 7 nitrogen and oxygen atoms in total. The van der Waals surface area contributed by atoms with Crippen molar-refractivity contribution in [1.82, 2.24) is 9.47 Å². The third-order valence-corrected chi connectivity index (χ3v) is 4.45. The molecule has 0 aliphatic carbocycles. The largest absolute Gasteiger partial charge is 0.457 e. The van der Waals surface area contributed by atoms with Crippen LogP contribution in [0.4, 0.5) is 0 Å². The van der Waals surface area contributed by atoms with Crippen molar-refractivity contribution in [3.05, 3.63) is 30.0 Å². The number of fused-ring (bicyclic) bond motifs is 1. The lowest BCUT2D eigenvalue weighted by molar-refractivity contribution is -0.159. The first-order chi connectivity index (χ1) is 13.7. The van der Waals surface area contributed by atoms with Crippen molar-refractivity contribution in [3.63, 3.8) is 0 Å². The highest BCUT2D eigenvalue weighted by molar-refractivity contribution is 5.90. The van der Waals surface area contributed by atoms with Gasteiger partial charge in [-0.15, -0.1) is 0 Å². The van der Waals surface area contributed by atoms with E-state index in [9.17, 15) is 4.79 Å². The first-order valence-electron chi connectivity index (χ1n) is 9.86. The second-order valence-corrected chi connectivity index (χ2v) is 8.30. The molecule has 0 N–H and O–H groups in total. The third kappa shape index (κ3) is 6.73. The van der Waals surface area contributed by atoms with E-state index in [-0.39, 0.29) is 12.8 Å². The van der Waals surface area contributed by atoms with Crippen molar-refractivity contribution in [2.75, 3.05) is 47.8 Å². The maximum atomic E-state index is 12.0. The molecule has 0 aliphatic rings. The molecule has 1 heterocycles. The van der Waals surface area contributed by atoms with E-state index < -0.39 is 5.41 Å². The van der Waals surface area contributed by atoms with E-state index in [0.29, 0.717) is 25.7 Å². The zero-order chi connectivity index (χ0) is 21.4. The molecule has 0 radical (unpaired) electrons. The normalized spacial score (nSPS) is 12.0. The van der Waals surface area contributed by atoms with E-state index in [1.54, 1.807) is 7.11 Å². The van der Waals surface area contributed by atoms with Crippen LogP contribution in [-0.4, -0.2) is 63.2 Å². The van der Waals surface area contributed by atoms with Gasteiger partial charge < -0.3 is 28.4 Å². The zero-order valence-corrected chi connectivity index (χ0v) is 18.5. The number of nitrogens with zero attached hydrogens (tertiary/aromatic N) is 2. The lowest BCUT2D eigenvalue weighted by atomic mass is 9.98. The van der Waals surface area contributed by atoms with Crippen LogP contribution in [0.15, 0.2) is 24.4 Å². The molecule has 2 aromatic rings. The van der Waals surface area contributed by atoms with Crippen molar-refractivity contribution < 1.29 is 23.7 Å². The second-order valence-electron chi connectivity index (χ2n) is 8.30. The van der Waals surface area contributed by atoms with Crippen LogP contribution in [0.1, 0.15) is 26.3 Å². The number of hydrogen-bond acceptors (Lipinski definition) is 6. The summed E-state index contributed by atoms with van der Waals surface area (Å²) in [5.74, 6) is 0.412. The maximum absolute atomic E-state index is 12.0. The van der Waals surface area contributed by atoms with Crippen LogP contribution in [0.5, 0.6) is 5.75 Å². The predicted octanol–water partition coefficient (Wildman–Crippen LogP) is 3.29. The minimum Gasteiger partial charge on any atom is -0.457 e. The fraction of sp³-hybridized carbons (Fsp3) is 0.591. The highest BCUT2D eigenvalue weighted by Gasteiger charge is 2.23. The molecule has 162 valence electrons. The summed E-state index contributed by atoms with van der Waals surface area (Å²) < 4.78 is 24.0. The molecule has 1 aromatic carbocycles. The molecule has 0 fully saturated rings. The van der Waals surface area contributed by atoms with E-state index >= 15 is 0 Å². The predicted molar refractivity (Wildman–Crippen MR) is 113 cm³/mol. The summed E-state index contributed by atoms with van der Waals surface area (Å²) in [4.78, 5) is 14.1. The Hall–Kier alpha value is -2.09. The average Bonchev–Trinajstić information content (AvgIpc) is 3.01. The topological polar surface area (TPSA) is 62.2 Å². The monoisotopic (exact) mass is 406 g/mol. The molecule has 1 aromatic heterocycles. The number of rotatable bonds is 11. The molecule has 7 heteroatoms. The van der Waals surface area contributed by atoms with Crippen molar-refractivity contribution in [1.29, 1.82) is 0 Å². The molecule has 0 bridgehead atoms. The minimum atomic E-state index is -0.560. The van der Waals surface area contributed by atoms with Gasteiger partial charge in [-0.3, -0.25) is 4.79 Å². The van der Waals surface area contributed by atoms with Gasteiger partial charge in [-0.25, -0.2) is 0 Å². The van der Waals surface area contributed by atoms with E-state index in [4.69, 9.17) is 18.9 Å². The number of carbonyl (C=O) groups is 1. The molecular formula is C22H34N2O5. The number of methoxy groups -OCH3 is 1. The molecule has 0 amide bonds. The zero-order valence-electron chi connectivity index (χ0n) is 18.5. The SMILES string of the molecule is COCCOCn1cc(CCN(C)C)c2c(OCOC(=O)C(C)(C)C)cccc21. The van der Waals surface area contributed by atoms with Crippen LogP contribution < -0.4 is 4.74 Å². The summed E-state index contributed by atoms with van der Waals surface area (Å²) >= 11 is 0. The van der Waals surface area contributed by atoms with Gasteiger partial charge in [0.25, 0.3) is 0 Å². The Bertz CT molecular complexity index is 792. The highest BCUT2D eigenvalue weighted by Crippen LogP contribution is 2.31. The number of benzene rings is 1. The van der Waals surface area contributed by atoms with Gasteiger partial charge in [0.15, 0.2) is 0 Å². The Kier molecular flexibility index (Phi) is 8.49. The van der Waals surface area contributed by atoms with Crippen molar-refractivity contribution in [2.24, 2.45) is 5.41 Å². The Morgan fingerprint density at radius 3 is 2.59 bits per heavy atom. The molecule has 0 aliphatic heterocycles. The van der Waals surface area contributed by atoms with Crippen molar-refractivity contribution in [3.8, 4) is 5.75 Å². The van der Waals surface area contributed by atoms with Crippen molar-refractivity contribution >= 4 is 16.9 Å². The van der Waals surface area contributed by atoms with Crippen LogP contribution in [0.25, 0.3) is 10.9 Å². The first kappa shape index (κ1) is 23.2. The number of carbonyl (C=O) groups excluding carboxylic acids is 1. The second kappa shape index (κ2) is 10.6. The van der Waals surface area contributed by atoms with Gasteiger partial charge in [0, 0.05) is 25.2 Å². The van der Waals surface area contributed by atoms with Crippen LogP contribution in [-0.2, 0) is 32.2 Å². The van der Waals surface area contributed by atoms with Gasteiger partial charge in [-0.1, -0.05) is 6.07 Å². The summed E-state index contributed by atoms with van der Waals surface area (Å²) in [6.45, 7) is 7.78. The maximum Gasteiger partial charge on any atom is 0.314 e. The Morgan fingerprint density at radius 1 is 1.17 bits per heavy atom. The highest BCUT2D eigenvalue weighted by atomic mass is 16.7. The van der Waals surface area contributed by atoms with Crippen LogP contribution in [0.2, 0.25) is 0 Å². The number of ether oxygens (including phenoxy) is 4. The molecule has 29 heavy (non-hydrogen) atoms. The Morgan fingerprint density at radius 2 is 1.93 bits per heavy atom. The third-order valence-electron chi connectivity index (χ3n) is 4.45. The van der Waals surface area contributed by atoms with Gasteiger partial charge >= 0.3 is 5.97 Å². The standard InChI is InChI=1S/C22H34N2O5/c1-22(2,3)21(25)29-16-28-19-9-7-8-18-20(19)17(10-11-23(4)5)14-24(18)15-27-13-12-26-6/h7-9,14H,10-13,15-16H2,1-6H3. The van der Waals surface area contributed by atoms with Gasteiger partial charge in [0.2, 0.25) is 6.79 Å². The quantitative estimate of drug-likeness (QED) is 0.324. The molecule has 2 rings (SSSR count). The van der Waals surface area contributed by atoms with Crippen LogP contribution >= 0.6 is 0 Å². The lowest BCUT2D eigenvalue weighted by Gasteiger charge is -2.17. The number of esters is 1. The summed E-state index contributed by atoms with van der Waals surface area (Å²) in [6.07, 6.45) is 2.98. The van der Waals surface area contributed by atoms with Gasteiger partial charge in [-0.2, -0.15) is 0 Å². The fourth-order valence-corrected chi connectivity index (χ4v) is 2.83. The van der Waals surface area contributed by atoms with Gasteiger partial charge in [0.1, 0.15) is 12.5 Å². The molecular weight excluding hydrogens is 372 g/mol. The summed E-state index contributed by atoms with van der Waals surface area (Å²) in [6, 6.07) is 5.88. The van der Waals surface area contributed by atoms with Gasteiger partial charge in [-0.05, 0) is 59.0 Å². The Labute approximate surface area is 173 Å². The van der Waals surface area contributed by atoms with Gasteiger partial charge in [0.05, 0.1) is 24.1 Å². The van der Waals surface area contributed by atoms with E-state index in [1.165, 1.54) is 5.56 Å². The lowest BCUT2D eigenvalue weighted by Crippen LogP contribution is -2.24. The molecule has 0 unspecified atom stereocenters. The number of aromatic nitrogens is 1. The smallest absolute Gasteiger partial charge is 0.314 e. The first-order valence-corrected chi connectivity index (χ1v) is 9.86. The fourth-order valence-electron chi connectivity index (χ4n) is 2.83. The molecule has 0 spiro atoms. The number of hydrogen-bond donors (Lipinski definition) is 0. The van der Waals surface area contributed by atoms with E-state index in [1.807, 2.05) is 39.0 Å². The van der Waals surface area contributed by atoms with Crippen LogP contribution in [0.3, 0.4) is 0 Å². The van der Waals surface area contributed by atoms with Crippen molar-refractivity contribution in [2.45, 2.75) is 33.9 Å². The molecule has 0 saturated heterocycles. The molecule has 0 saturated carbocycles. The summed E-state index contributed by atoms with van der Waals surface area (Å²) in [5.41, 5.74) is 1.63. The summed E-state index contributed by atoms with van der Waals surface area (Å²) in [7, 11) is 5.76.